The third kappa shape index (κ3) is 1.61. The molecule has 0 saturated carbocycles. The highest BCUT2D eigenvalue weighted by atomic mass is 16.1. The fourth-order valence-corrected chi connectivity index (χ4v) is 2.19. The monoisotopic (exact) mass is 236 g/mol. The molecule has 0 atom stereocenters. The van der Waals surface area contributed by atoms with Gasteiger partial charge in [0.25, 0.3) is 0 Å². The first-order valence-corrected chi connectivity index (χ1v) is 5.79. The number of imidazole rings is 1. The zero-order valence-electron chi connectivity index (χ0n) is 10.00. The third-order valence-electron chi connectivity index (χ3n) is 3.00. The molecule has 0 saturated heterocycles. The molecule has 0 aliphatic rings. The molecule has 88 valence electrons. The largest absolute Gasteiger partial charge is 0.298 e. The van der Waals surface area contributed by atoms with E-state index < -0.39 is 0 Å². The van der Waals surface area contributed by atoms with Crippen LogP contribution >= 0.6 is 0 Å². The van der Waals surface area contributed by atoms with E-state index in [-0.39, 0.29) is 0 Å². The van der Waals surface area contributed by atoms with Crippen LogP contribution in [0, 0.1) is 6.92 Å². The second kappa shape index (κ2) is 4.11. The Labute approximate surface area is 105 Å². The third-order valence-corrected chi connectivity index (χ3v) is 3.00. The van der Waals surface area contributed by atoms with Crippen molar-refractivity contribution in [3.63, 3.8) is 0 Å². The van der Waals surface area contributed by atoms with Gasteiger partial charge in [-0.25, -0.2) is 4.98 Å². The summed E-state index contributed by atoms with van der Waals surface area (Å²) >= 11 is 0. The Morgan fingerprint density at radius 3 is 2.61 bits per heavy atom. The van der Waals surface area contributed by atoms with Gasteiger partial charge in [0, 0.05) is 11.3 Å². The van der Waals surface area contributed by atoms with E-state index in [1.165, 1.54) is 0 Å². The van der Waals surface area contributed by atoms with E-state index >= 15 is 0 Å². The number of rotatable bonds is 2. The van der Waals surface area contributed by atoms with Crippen LogP contribution in [0.15, 0.2) is 48.5 Å². The summed E-state index contributed by atoms with van der Waals surface area (Å²) in [5.74, 6) is 0.916. The highest BCUT2D eigenvalue weighted by Crippen LogP contribution is 2.21. The summed E-state index contributed by atoms with van der Waals surface area (Å²) in [6, 6.07) is 15.6. The minimum absolute atomic E-state index is 0.653. The Hall–Kier alpha value is -2.42. The number of carbonyl (C=O) groups excluding carboxylic acids is 1. The fraction of sp³-hybridized carbons (Fsp3) is 0.0667. The SMILES string of the molecule is Cc1nc2cc(C=O)ccc2n1-c1ccccc1. The van der Waals surface area contributed by atoms with Gasteiger partial charge in [-0.2, -0.15) is 0 Å². The highest BCUT2D eigenvalue weighted by Gasteiger charge is 2.09. The van der Waals surface area contributed by atoms with Crippen molar-refractivity contribution in [2.45, 2.75) is 6.92 Å². The maximum atomic E-state index is 10.8. The summed E-state index contributed by atoms with van der Waals surface area (Å²) in [6.07, 6.45) is 0.844. The summed E-state index contributed by atoms with van der Waals surface area (Å²) < 4.78 is 2.09. The van der Waals surface area contributed by atoms with Crippen molar-refractivity contribution >= 4 is 17.3 Å². The van der Waals surface area contributed by atoms with Gasteiger partial charge in [0.2, 0.25) is 0 Å². The first-order valence-electron chi connectivity index (χ1n) is 5.79. The number of aldehydes is 1. The molecule has 2 aromatic carbocycles. The van der Waals surface area contributed by atoms with Gasteiger partial charge in [0.15, 0.2) is 0 Å². The molecule has 3 rings (SSSR count). The quantitative estimate of drug-likeness (QED) is 0.641. The van der Waals surface area contributed by atoms with Gasteiger partial charge in [-0.05, 0) is 37.3 Å². The topological polar surface area (TPSA) is 34.9 Å². The number of aryl methyl sites for hydroxylation is 1. The second-order valence-corrected chi connectivity index (χ2v) is 4.20. The molecule has 1 aromatic heterocycles. The van der Waals surface area contributed by atoms with E-state index in [9.17, 15) is 4.79 Å². The van der Waals surface area contributed by atoms with Gasteiger partial charge in [-0.3, -0.25) is 9.36 Å². The zero-order chi connectivity index (χ0) is 12.5. The number of hydrogen-bond acceptors (Lipinski definition) is 2. The van der Waals surface area contributed by atoms with Gasteiger partial charge in [0.05, 0.1) is 11.0 Å². The fourth-order valence-electron chi connectivity index (χ4n) is 2.19. The predicted octanol–water partition coefficient (Wildman–Crippen LogP) is 3.15. The van der Waals surface area contributed by atoms with Gasteiger partial charge >= 0.3 is 0 Å². The molecule has 0 fully saturated rings. The van der Waals surface area contributed by atoms with Crippen LogP contribution in [-0.2, 0) is 0 Å². The molecule has 3 nitrogen and oxygen atoms in total. The first kappa shape index (κ1) is 10.7. The lowest BCUT2D eigenvalue weighted by Crippen LogP contribution is -1.96. The number of fused-ring (bicyclic) bond motifs is 1. The average Bonchev–Trinajstić information content (AvgIpc) is 2.74. The van der Waals surface area contributed by atoms with Crippen LogP contribution in [0.5, 0.6) is 0 Å². The van der Waals surface area contributed by atoms with E-state index in [0.29, 0.717) is 5.56 Å². The molecule has 0 amide bonds. The molecule has 0 spiro atoms. The average molecular weight is 236 g/mol. The maximum Gasteiger partial charge on any atom is 0.150 e. The van der Waals surface area contributed by atoms with Crippen molar-refractivity contribution in [3.05, 3.63) is 59.9 Å². The van der Waals surface area contributed by atoms with Gasteiger partial charge < -0.3 is 0 Å². The summed E-state index contributed by atoms with van der Waals surface area (Å²) in [5, 5.41) is 0. The normalized spacial score (nSPS) is 10.7. The number of hydrogen-bond donors (Lipinski definition) is 0. The van der Waals surface area contributed by atoms with E-state index in [4.69, 9.17) is 0 Å². The van der Waals surface area contributed by atoms with E-state index in [0.717, 1.165) is 28.8 Å². The molecular weight excluding hydrogens is 224 g/mol. The van der Waals surface area contributed by atoms with E-state index in [1.807, 2.05) is 55.5 Å². The summed E-state index contributed by atoms with van der Waals surface area (Å²) in [5.41, 5.74) is 3.60. The van der Waals surface area contributed by atoms with Crippen molar-refractivity contribution in [1.29, 1.82) is 0 Å². The Morgan fingerprint density at radius 1 is 1.11 bits per heavy atom. The van der Waals surface area contributed by atoms with Gasteiger partial charge in [-0.1, -0.05) is 18.2 Å². The summed E-state index contributed by atoms with van der Waals surface area (Å²) in [6.45, 7) is 1.97. The van der Waals surface area contributed by atoms with Gasteiger partial charge in [0.1, 0.15) is 12.1 Å². The van der Waals surface area contributed by atoms with Crippen LogP contribution in [0.25, 0.3) is 16.7 Å². The van der Waals surface area contributed by atoms with Crippen molar-refractivity contribution in [2.75, 3.05) is 0 Å². The summed E-state index contributed by atoms with van der Waals surface area (Å²) in [4.78, 5) is 15.3. The molecule has 1 heterocycles. The lowest BCUT2D eigenvalue weighted by molar-refractivity contribution is 0.112. The standard InChI is InChI=1S/C15H12N2O/c1-11-16-14-9-12(10-18)7-8-15(14)17(11)13-5-3-2-4-6-13/h2-10H,1H3. The van der Waals surface area contributed by atoms with Crippen LogP contribution in [0.2, 0.25) is 0 Å². The van der Waals surface area contributed by atoms with Crippen molar-refractivity contribution in [2.24, 2.45) is 0 Å². The van der Waals surface area contributed by atoms with E-state index in [1.54, 1.807) is 0 Å². The molecule has 0 unspecified atom stereocenters. The molecule has 18 heavy (non-hydrogen) atoms. The summed E-state index contributed by atoms with van der Waals surface area (Å²) in [7, 11) is 0. The molecule has 0 radical (unpaired) electrons. The molecule has 0 aliphatic heterocycles. The minimum Gasteiger partial charge on any atom is -0.298 e. The molecule has 0 N–H and O–H groups in total. The molecule has 3 heteroatoms. The number of aromatic nitrogens is 2. The van der Waals surface area contributed by atoms with Crippen molar-refractivity contribution in [3.8, 4) is 5.69 Å². The lowest BCUT2D eigenvalue weighted by atomic mass is 10.2. The number of nitrogens with zero attached hydrogens (tertiary/aromatic N) is 2. The molecular formula is C15H12N2O. The molecule has 3 aromatic rings. The van der Waals surface area contributed by atoms with Crippen LogP contribution in [0.1, 0.15) is 16.2 Å². The Kier molecular flexibility index (Phi) is 2.45. The Morgan fingerprint density at radius 2 is 1.89 bits per heavy atom. The minimum atomic E-state index is 0.653. The lowest BCUT2D eigenvalue weighted by Gasteiger charge is -2.06. The number of benzene rings is 2. The van der Waals surface area contributed by atoms with Crippen LogP contribution in [0.3, 0.4) is 0 Å². The van der Waals surface area contributed by atoms with Crippen molar-refractivity contribution < 1.29 is 4.79 Å². The van der Waals surface area contributed by atoms with Crippen LogP contribution in [-0.4, -0.2) is 15.8 Å². The van der Waals surface area contributed by atoms with Crippen LogP contribution < -0.4 is 0 Å². The zero-order valence-corrected chi connectivity index (χ0v) is 10.00. The second-order valence-electron chi connectivity index (χ2n) is 4.20. The first-order chi connectivity index (χ1) is 8.79. The van der Waals surface area contributed by atoms with Crippen LogP contribution in [0.4, 0.5) is 0 Å². The van der Waals surface area contributed by atoms with Crippen molar-refractivity contribution in [1.82, 2.24) is 9.55 Å². The Bertz CT molecular complexity index is 714. The number of carbonyl (C=O) groups is 1. The highest BCUT2D eigenvalue weighted by molar-refractivity contribution is 5.86. The molecule has 0 bridgehead atoms. The smallest absolute Gasteiger partial charge is 0.150 e. The van der Waals surface area contributed by atoms with E-state index in [2.05, 4.69) is 9.55 Å². The van der Waals surface area contributed by atoms with Gasteiger partial charge in [-0.15, -0.1) is 0 Å². The maximum absolute atomic E-state index is 10.8. The predicted molar refractivity (Wildman–Crippen MR) is 71.2 cm³/mol. The molecule has 0 aliphatic carbocycles. The number of para-hydroxylation sites is 1. The Balaban J connectivity index is 2.30.